The van der Waals surface area contributed by atoms with Crippen LogP contribution in [0.3, 0.4) is 0 Å². The maximum absolute atomic E-state index is 13.0. The maximum Gasteiger partial charge on any atom is 0.235 e. The van der Waals surface area contributed by atoms with Crippen LogP contribution in [-0.4, -0.2) is 11.1 Å². The average molecular weight is 252 g/mol. The Balaban J connectivity index is 2.30. The number of carbonyl (C=O) groups excluding carboxylic acids is 1. The Morgan fingerprint density at radius 2 is 2.18 bits per heavy atom. The molecule has 0 aliphatic heterocycles. The predicted molar refractivity (Wildman–Crippen MR) is 59.3 cm³/mol. The maximum atomic E-state index is 13.0. The average Bonchev–Trinajstić information content (AvgIpc) is 2.79. The highest BCUT2D eigenvalue weighted by Gasteiger charge is 2.08. The van der Waals surface area contributed by atoms with Gasteiger partial charge in [0.25, 0.3) is 0 Å². The summed E-state index contributed by atoms with van der Waals surface area (Å²) in [6.07, 6.45) is 1.41. The van der Waals surface area contributed by atoms with Crippen LogP contribution in [0.4, 0.5) is 8.78 Å². The van der Waals surface area contributed by atoms with Crippen LogP contribution in [0, 0.1) is 11.6 Å². The van der Waals surface area contributed by atoms with Gasteiger partial charge in [-0.3, -0.25) is 0 Å². The van der Waals surface area contributed by atoms with Crippen molar-refractivity contribution in [3.05, 3.63) is 40.9 Å². The molecule has 0 radical (unpaired) electrons. The summed E-state index contributed by atoms with van der Waals surface area (Å²) in [7, 11) is 0. The number of hydrogen-bond acceptors (Lipinski definition) is 4. The smallest absolute Gasteiger partial charge is 0.235 e. The molecule has 0 N–H and O–H groups in total. The molecule has 2 rings (SSSR count). The number of nitrogens with zero attached hydrogens (tertiary/aromatic N) is 2. The lowest BCUT2D eigenvalue weighted by atomic mass is 10.2. The van der Waals surface area contributed by atoms with Crippen molar-refractivity contribution < 1.29 is 13.6 Å². The lowest BCUT2D eigenvalue weighted by Gasteiger charge is -1.97. The van der Waals surface area contributed by atoms with E-state index in [9.17, 15) is 13.6 Å². The number of hydrogen-bond donors (Lipinski definition) is 0. The third kappa shape index (κ3) is 2.61. The van der Waals surface area contributed by atoms with Crippen molar-refractivity contribution in [2.45, 2.75) is 6.54 Å². The molecule has 0 saturated heterocycles. The molecule has 0 fully saturated rings. The van der Waals surface area contributed by atoms with E-state index in [1.165, 1.54) is 23.5 Å². The van der Waals surface area contributed by atoms with Crippen molar-refractivity contribution in [1.82, 2.24) is 4.98 Å². The van der Waals surface area contributed by atoms with E-state index in [1.807, 2.05) is 0 Å². The van der Waals surface area contributed by atoms with Gasteiger partial charge in [-0.15, -0.1) is 11.3 Å². The number of thiazole rings is 1. The number of halogens is 2. The molecule has 86 valence electrons. The summed E-state index contributed by atoms with van der Waals surface area (Å²) in [6.45, 7) is 0.143. The highest BCUT2D eigenvalue weighted by Crippen LogP contribution is 2.25. The number of rotatable bonds is 3. The molecule has 2 aromatic rings. The van der Waals surface area contributed by atoms with Crippen molar-refractivity contribution in [3.63, 3.8) is 0 Å². The van der Waals surface area contributed by atoms with Crippen LogP contribution in [0.5, 0.6) is 0 Å². The minimum Gasteiger partial charge on any atom is -0.239 e. The van der Waals surface area contributed by atoms with E-state index in [-0.39, 0.29) is 6.54 Å². The largest absolute Gasteiger partial charge is 0.239 e. The molecule has 1 aromatic carbocycles. The third-order valence-corrected chi connectivity index (χ3v) is 2.96. The Morgan fingerprint density at radius 1 is 1.35 bits per heavy atom. The number of aliphatic imine (C=N–C) groups is 1. The van der Waals surface area contributed by atoms with E-state index in [1.54, 1.807) is 5.38 Å². The van der Waals surface area contributed by atoms with Gasteiger partial charge in [-0.1, -0.05) is 0 Å². The fraction of sp³-hybridized carbons (Fsp3) is 0.0909. The van der Waals surface area contributed by atoms with Crippen LogP contribution in [-0.2, 0) is 11.3 Å². The van der Waals surface area contributed by atoms with Crippen molar-refractivity contribution >= 4 is 17.4 Å². The summed E-state index contributed by atoms with van der Waals surface area (Å²) in [6, 6.07) is 3.58. The van der Waals surface area contributed by atoms with E-state index in [0.29, 0.717) is 16.3 Å². The number of benzene rings is 1. The first-order chi connectivity index (χ1) is 8.20. The van der Waals surface area contributed by atoms with Gasteiger partial charge in [-0.25, -0.2) is 18.6 Å². The Bertz CT molecular complexity index is 591. The zero-order valence-electron chi connectivity index (χ0n) is 8.48. The minimum absolute atomic E-state index is 0.143. The van der Waals surface area contributed by atoms with E-state index >= 15 is 0 Å². The summed E-state index contributed by atoms with van der Waals surface area (Å²) in [5.74, 6) is -1.80. The second-order valence-corrected chi connectivity index (χ2v) is 4.04. The first-order valence-electron chi connectivity index (χ1n) is 4.64. The lowest BCUT2D eigenvalue weighted by molar-refractivity contribution is 0.509. The molecule has 0 amide bonds. The molecule has 0 saturated carbocycles. The van der Waals surface area contributed by atoms with Crippen LogP contribution >= 0.6 is 11.3 Å². The molecule has 0 spiro atoms. The van der Waals surface area contributed by atoms with Gasteiger partial charge in [0, 0.05) is 10.9 Å². The van der Waals surface area contributed by atoms with Crippen LogP contribution in [0.15, 0.2) is 28.6 Å². The Hall–Kier alpha value is -1.91. The van der Waals surface area contributed by atoms with Gasteiger partial charge in [-0.2, -0.15) is 4.99 Å². The van der Waals surface area contributed by atoms with E-state index < -0.39 is 11.6 Å². The molecular formula is C11H6F2N2OS. The van der Waals surface area contributed by atoms with Crippen LogP contribution in [0.1, 0.15) is 5.69 Å². The molecule has 0 aliphatic carbocycles. The molecule has 0 aliphatic rings. The monoisotopic (exact) mass is 252 g/mol. The first kappa shape index (κ1) is 11.6. The molecule has 1 heterocycles. The third-order valence-electron chi connectivity index (χ3n) is 2.02. The van der Waals surface area contributed by atoms with Crippen LogP contribution in [0.2, 0.25) is 0 Å². The Morgan fingerprint density at radius 3 is 2.88 bits per heavy atom. The van der Waals surface area contributed by atoms with Crippen molar-refractivity contribution in [2.75, 3.05) is 0 Å². The van der Waals surface area contributed by atoms with Gasteiger partial charge in [0.05, 0.1) is 12.2 Å². The van der Waals surface area contributed by atoms with E-state index in [4.69, 9.17) is 0 Å². The Kier molecular flexibility index (Phi) is 3.37. The summed E-state index contributed by atoms with van der Waals surface area (Å²) in [4.78, 5) is 17.5. The highest BCUT2D eigenvalue weighted by molar-refractivity contribution is 7.13. The van der Waals surface area contributed by atoms with Crippen molar-refractivity contribution in [1.29, 1.82) is 0 Å². The molecule has 0 unspecified atom stereocenters. The second-order valence-electron chi connectivity index (χ2n) is 3.18. The van der Waals surface area contributed by atoms with Crippen molar-refractivity contribution in [2.24, 2.45) is 4.99 Å². The van der Waals surface area contributed by atoms with Gasteiger partial charge >= 0.3 is 0 Å². The topological polar surface area (TPSA) is 42.3 Å². The highest BCUT2D eigenvalue weighted by atomic mass is 32.1. The van der Waals surface area contributed by atoms with Gasteiger partial charge in [0.2, 0.25) is 6.08 Å². The first-order valence-corrected chi connectivity index (χ1v) is 5.52. The molecule has 1 aromatic heterocycles. The molecule has 17 heavy (non-hydrogen) atoms. The van der Waals surface area contributed by atoms with Crippen LogP contribution < -0.4 is 0 Å². The summed E-state index contributed by atoms with van der Waals surface area (Å²) in [5.41, 5.74) is 1.09. The molecule has 0 atom stereocenters. The van der Waals surface area contributed by atoms with Gasteiger partial charge in [-0.05, 0) is 18.2 Å². The van der Waals surface area contributed by atoms with E-state index in [2.05, 4.69) is 9.98 Å². The standard InChI is InChI=1S/C11H6F2N2OS/c12-9-2-1-7(3-10(9)13)11-15-8(5-17-11)4-14-6-16/h1-3,5H,4H2. The number of aromatic nitrogens is 1. The SMILES string of the molecule is O=C=NCc1csc(-c2ccc(F)c(F)c2)n1. The molecule has 3 nitrogen and oxygen atoms in total. The second kappa shape index (κ2) is 4.95. The predicted octanol–water partition coefficient (Wildman–Crippen LogP) is 2.92. The molecule has 0 bridgehead atoms. The normalized spacial score (nSPS) is 10.0. The summed E-state index contributed by atoms with van der Waals surface area (Å²) < 4.78 is 25.7. The quantitative estimate of drug-likeness (QED) is 0.622. The van der Waals surface area contributed by atoms with Gasteiger partial charge in [0.15, 0.2) is 11.6 Å². The summed E-state index contributed by atoms with van der Waals surface area (Å²) in [5, 5.41) is 2.26. The minimum atomic E-state index is -0.912. The van der Waals surface area contributed by atoms with Gasteiger partial charge in [0.1, 0.15) is 5.01 Å². The van der Waals surface area contributed by atoms with Crippen molar-refractivity contribution in [3.8, 4) is 10.6 Å². The Labute approximate surface area is 99.5 Å². The lowest BCUT2D eigenvalue weighted by Crippen LogP contribution is -1.86. The number of isocyanates is 1. The fourth-order valence-electron chi connectivity index (χ4n) is 1.25. The zero-order chi connectivity index (χ0) is 12.3. The summed E-state index contributed by atoms with van der Waals surface area (Å²) >= 11 is 1.28. The molecule has 6 heteroatoms. The fourth-order valence-corrected chi connectivity index (χ4v) is 2.06. The molecular weight excluding hydrogens is 246 g/mol. The zero-order valence-corrected chi connectivity index (χ0v) is 9.30. The van der Waals surface area contributed by atoms with Crippen LogP contribution in [0.25, 0.3) is 10.6 Å². The van der Waals surface area contributed by atoms with Gasteiger partial charge < -0.3 is 0 Å². The van der Waals surface area contributed by atoms with E-state index in [0.717, 1.165) is 12.1 Å².